The normalized spacial score (nSPS) is 18.7. The van der Waals surface area contributed by atoms with Crippen molar-refractivity contribution in [3.8, 4) is 0 Å². The first-order chi connectivity index (χ1) is 10.2. The van der Waals surface area contributed by atoms with Gasteiger partial charge in [0, 0.05) is 17.0 Å². The van der Waals surface area contributed by atoms with E-state index in [0.29, 0.717) is 31.7 Å². The molecule has 1 fully saturated rings. The molecule has 0 radical (unpaired) electrons. The van der Waals surface area contributed by atoms with Crippen molar-refractivity contribution in [3.63, 3.8) is 0 Å². The van der Waals surface area contributed by atoms with Crippen molar-refractivity contribution in [3.05, 3.63) is 58.0 Å². The van der Waals surface area contributed by atoms with Gasteiger partial charge in [0.15, 0.2) is 0 Å². The fourth-order valence-electron chi connectivity index (χ4n) is 2.47. The van der Waals surface area contributed by atoms with Crippen LogP contribution in [0.2, 0.25) is 0 Å². The number of rotatable bonds is 3. The Kier molecular flexibility index (Phi) is 4.31. The standard InChI is InChI=1S/C16H16FNO2S/c17-14-6-2-1-5-13(14)15-11-18(7-8-20-15)16(19)10-12-4-3-9-21-12/h1-6,9,15H,7-8,10-11H2. The van der Waals surface area contributed by atoms with E-state index >= 15 is 0 Å². The number of carbonyl (C=O) groups excluding carboxylic acids is 1. The molecular weight excluding hydrogens is 289 g/mol. The summed E-state index contributed by atoms with van der Waals surface area (Å²) in [5, 5.41) is 1.96. The summed E-state index contributed by atoms with van der Waals surface area (Å²) >= 11 is 1.58. The Balaban J connectivity index is 1.68. The Hall–Kier alpha value is -1.72. The predicted molar refractivity (Wildman–Crippen MR) is 79.7 cm³/mol. The van der Waals surface area contributed by atoms with Crippen molar-refractivity contribution >= 4 is 17.2 Å². The van der Waals surface area contributed by atoms with Gasteiger partial charge in [-0.3, -0.25) is 4.79 Å². The minimum atomic E-state index is -0.382. The fraction of sp³-hybridized carbons (Fsp3) is 0.312. The number of morpholine rings is 1. The average molecular weight is 305 g/mol. The Morgan fingerprint density at radius 3 is 2.95 bits per heavy atom. The molecule has 5 heteroatoms. The summed E-state index contributed by atoms with van der Waals surface area (Å²) in [6, 6.07) is 10.5. The second-order valence-corrected chi connectivity index (χ2v) is 6.01. The number of nitrogens with zero attached hydrogens (tertiary/aromatic N) is 1. The van der Waals surface area contributed by atoms with Crippen LogP contribution >= 0.6 is 11.3 Å². The van der Waals surface area contributed by atoms with E-state index in [9.17, 15) is 9.18 Å². The van der Waals surface area contributed by atoms with E-state index in [1.165, 1.54) is 6.07 Å². The smallest absolute Gasteiger partial charge is 0.228 e. The van der Waals surface area contributed by atoms with Gasteiger partial charge in [0.1, 0.15) is 11.9 Å². The summed E-state index contributed by atoms with van der Waals surface area (Å²) in [5.74, 6) is -0.211. The molecule has 1 saturated heterocycles. The van der Waals surface area contributed by atoms with Crippen LogP contribution in [0.15, 0.2) is 41.8 Å². The quantitative estimate of drug-likeness (QED) is 0.872. The molecule has 2 aromatic rings. The van der Waals surface area contributed by atoms with Crippen LogP contribution in [-0.2, 0) is 16.0 Å². The number of carbonyl (C=O) groups is 1. The Morgan fingerprint density at radius 1 is 1.33 bits per heavy atom. The number of hydrogen-bond donors (Lipinski definition) is 0. The molecule has 0 bridgehead atoms. The molecule has 21 heavy (non-hydrogen) atoms. The van der Waals surface area contributed by atoms with E-state index in [1.807, 2.05) is 17.5 Å². The van der Waals surface area contributed by atoms with Gasteiger partial charge in [-0.2, -0.15) is 0 Å². The van der Waals surface area contributed by atoms with Crippen LogP contribution in [0.25, 0.3) is 0 Å². The lowest BCUT2D eigenvalue weighted by Gasteiger charge is -2.33. The Bertz CT molecular complexity index is 614. The third-order valence-electron chi connectivity index (χ3n) is 3.58. The highest BCUT2D eigenvalue weighted by molar-refractivity contribution is 7.10. The van der Waals surface area contributed by atoms with Gasteiger partial charge in [-0.25, -0.2) is 4.39 Å². The highest BCUT2D eigenvalue weighted by atomic mass is 32.1. The van der Waals surface area contributed by atoms with Crippen LogP contribution in [-0.4, -0.2) is 30.5 Å². The Labute approximate surface area is 127 Å². The maximum Gasteiger partial charge on any atom is 0.228 e. The number of thiophene rings is 1. The highest BCUT2D eigenvalue weighted by Gasteiger charge is 2.27. The first-order valence-corrected chi connectivity index (χ1v) is 7.78. The summed E-state index contributed by atoms with van der Waals surface area (Å²) in [4.78, 5) is 15.1. The van der Waals surface area contributed by atoms with Crippen molar-refractivity contribution in [2.45, 2.75) is 12.5 Å². The summed E-state index contributed by atoms with van der Waals surface area (Å²) in [7, 11) is 0. The zero-order chi connectivity index (χ0) is 14.7. The van der Waals surface area contributed by atoms with Crippen LogP contribution in [0.1, 0.15) is 16.5 Å². The molecule has 1 unspecified atom stereocenters. The minimum Gasteiger partial charge on any atom is -0.370 e. The first-order valence-electron chi connectivity index (χ1n) is 6.90. The molecule has 1 aliphatic heterocycles. The third-order valence-corrected chi connectivity index (χ3v) is 4.45. The molecule has 2 heterocycles. The number of halogens is 1. The summed E-state index contributed by atoms with van der Waals surface area (Å²) in [6.45, 7) is 1.41. The van der Waals surface area contributed by atoms with E-state index in [1.54, 1.807) is 34.4 Å². The molecule has 1 aliphatic rings. The van der Waals surface area contributed by atoms with Gasteiger partial charge in [-0.15, -0.1) is 11.3 Å². The predicted octanol–water partition coefficient (Wildman–Crippen LogP) is 3.03. The van der Waals surface area contributed by atoms with E-state index in [2.05, 4.69) is 0 Å². The van der Waals surface area contributed by atoms with Crippen LogP contribution in [0, 0.1) is 5.82 Å². The SMILES string of the molecule is O=C(Cc1cccs1)N1CCOC(c2ccccc2F)C1. The third kappa shape index (κ3) is 3.31. The number of benzene rings is 1. The van der Waals surface area contributed by atoms with Crippen LogP contribution < -0.4 is 0 Å². The number of amides is 1. The van der Waals surface area contributed by atoms with Crippen molar-refractivity contribution in [1.82, 2.24) is 4.90 Å². The van der Waals surface area contributed by atoms with Gasteiger partial charge in [-0.1, -0.05) is 24.3 Å². The van der Waals surface area contributed by atoms with Gasteiger partial charge in [-0.05, 0) is 17.5 Å². The highest BCUT2D eigenvalue weighted by Crippen LogP contribution is 2.25. The van der Waals surface area contributed by atoms with Crippen molar-refractivity contribution in [2.24, 2.45) is 0 Å². The summed E-state index contributed by atoms with van der Waals surface area (Å²) in [5.41, 5.74) is 0.520. The van der Waals surface area contributed by atoms with Gasteiger partial charge < -0.3 is 9.64 Å². The lowest BCUT2D eigenvalue weighted by atomic mass is 10.1. The molecule has 0 spiro atoms. The van der Waals surface area contributed by atoms with Gasteiger partial charge >= 0.3 is 0 Å². The van der Waals surface area contributed by atoms with Crippen LogP contribution in [0.3, 0.4) is 0 Å². The number of hydrogen-bond acceptors (Lipinski definition) is 3. The largest absolute Gasteiger partial charge is 0.370 e. The molecule has 1 amide bonds. The summed E-state index contributed by atoms with van der Waals surface area (Å²) in [6.07, 6.45) is 0.0222. The van der Waals surface area contributed by atoms with Gasteiger partial charge in [0.2, 0.25) is 5.91 Å². The zero-order valence-electron chi connectivity index (χ0n) is 11.5. The van der Waals surface area contributed by atoms with E-state index < -0.39 is 0 Å². The van der Waals surface area contributed by atoms with Crippen molar-refractivity contribution < 1.29 is 13.9 Å². The molecule has 1 aromatic carbocycles. The van der Waals surface area contributed by atoms with Gasteiger partial charge in [0.25, 0.3) is 0 Å². The molecule has 1 atom stereocenters. The zero-order valence-corrected chi connectivity index (χ0v) is 12.3. The molecule has 0 N–H and O–H groups in total. The lowest BCUT2D eigenvalue weighted by Crippen LogP contribution is -2.43. The first kappa shape index (κ1) is 14.2. The molecule has 110 valence electrons. The van der Waals surface area contributed by atoms with Crippen LogP contribution in [0.4, 0.5) is 4.39 Å². The molecular formula is C16H16FNO2S. The van der Waals surface area contributed by atoms with E-state index in [4.69, 9.17) is 4.74 Å². The van der Waals surface area contributed by atoms with Crippen molar-refractivity contribution in [2.75, 3.05) is 19.7 Å². The topological polar surface area (TPSA) is 29.5 Å². The maximum absolute atomic E-state index is 13.8. The number of ether oxygens (including phenoxy) is 1. The Morgan fingerprint density at radius 2 is 2.19 bits per heavy atom. The van der Waals surface area contributed by atoms with E-state index in [0.717, 1.165) is 4.88 Å². The van der Waals surface area contributed by atoms with E-state index in [-0.39, 0.29) is 17.8 Å². The van der Waals surface area contributed by atoms with Crippen molar-refractivity contribution in [1.29, 1.82) is 0 Å². The maximum atomic E-state index is 13.8. The monoisotopic (exact) mass is 305 g/mol. The fourth-order valence-corrected chi connectivity index (χ4v) is 3.17. The molecule has 3 nitrogen and oxygen atoms in total. The molecule has 3 rings (SSSR count). The summed E-state index contributed by atoms with van der Waals surface area (Å²) < 4.78 is 19.5. The second kappa shape index (κ2) is 6.37. The second-order valence-electron chi connectivity index (χ2n) is 4.98. The van der Waals surface area contributed by atoms with Gasteiger partial charge in [0.05, 0.1) is 19.6 Å². The van der Waals surface area contributed by atoms with Crippen LogP contribution in [0.5, 0.6) is 0 Å². The molecule has 1 aromatic heterocycles. The average Bonchev–Trinajstić information content (AvgIpc) is 3.01. The lowest BCUT2D eigenvalue weighted by molar-refractivity contribution is -0.138. The molecule has 0 aliphatic carbocycles. The molecule has 0 saturated carbocycles. The minimum absolute atomic E-state index is 0.0714.